The molecule has 1 rings (SSSR count). The molecule has 0 unspecified atom stereocenters. The van der Waals surface area contributed by atoms with Gasteiger partial charge >= 0.3 is 0 Å². The number of hydrogen-bond donors (Lipinski definition) is 2. The fraction of sp³-hybridized carbons (Fsp3) is 1.00. The molecule has 1 aliphatic heterocycles. The summed E-state index contributed by atoms with van der Waals surface area (Å²) in [5.41, 5.74) is 1.90. The van der Waals surface area contributed by atoms with Gasteiger partial charge in [0.1, 0.15) is 0 Å². The molecule has 0 aromatic rings. The largest absolute Gasteiger partial charge is 0.416 e. The molecule has 1 heterocycles. The predicted molar refractivity (Wildman–Crippen MR) is 83.9 cm³/mol. The maximum atomic E-state index is 9.41. The van der Waals surface area contributed by atoms with E-state index in [1.54, 1.807) is 0 Å². The van der Waals surface area contributed by atoms with Gasteiger partial charge < -0.3 is 14.8 Å². The lowest BCUT2D eigenvalue weighted by Crippen LogP contribution is -2.49. The molecule has 0 aromatic heterocycles. The van der Waals surface area contributed by atoms with Crippen LogP contribution in [0.25, 0.3) is 0 Å². The second kappa shape index (κ2) is 7.20. The van der Waals surface area contributed by atoms with E-state index in [9.17, 15) is 5.11 Å². The normalized spacial score (nSPS) is 24.9. The molecule has 0 bridgehead atoms. The van der Waals surface area contributed by atoms with Crippen molar-refractivity contribution in [1.29, 1.82) is 0 Å². The molecule has 2 N–H and O–H groups in total. The molecule has 0 amide bonds. The van der Waals surface area contributed by atoms with Crippen molar-refractivity contribution in [2.24, 2.45) is 11.8 Å². The SMILES string of the molecule is CC(C)[Si](OC[C@H]1CNC[C@@H]1CO)(C(C)C)C(C)C. The summed E-state index contributed by atoms with van der Waals surface area (Å²) < 4.78 is 6.62. The van der Waals surface area contributed by atoms with Gasteiger partial charge in [-0.15, -0.1) is 0 Å². The van der Waals surface area contributed by atoms with Crippen molar-refractivity contribution in [3.8, 4) is 0 Å². The Balaban J connectivity index is 2.73. The van der Waals surface area contributed by atoms with Crippen LogP contribution in [0, 0.1) is 11.8 Å². The van der Waals surface area contributed by atoms with Crippen LogP contribution in [-0.2, 0) is 4.43 Å². The van der Waals surface area contributed by atoms with Crippen molar-refractivity contribution in [3.63, 3.8) is 0 Å². The Morgan fingerprint density at radius 1 is 1.00 bits per heavy atom. The zero-order chi connectivity index (χ0) is 14.6. The molecule has 0 aromatic carbocycles. The van der Waals surface area contributed by atoms with Gasteiger partial charge in [-0.25, -0.2) is 0 Å². The molecule has 19 heavy (non-hydrogen) atoms. The number of rotatable bonds is 7. The van der Waals surface area contributed by atoms with E-state index < -0.39 is 8.32 Å². The summed E-state index contributed by atoms with van der Waals surface area (Å²) in [5, 5.41) is 12.8. The summed E-state index contributed by atoms with van der Waals surface area (Å²) in [7, 11) is -1.75. The van der Waals surface area contributed by atoms with E-state index in [1.165, 1.54) is 0 Å². The van der Waals surface area contributed by atoms with E-state index in [-0.39, 0.29) is 6.61 Å². The van der Waals surface area contributed by atoms with Crippen LogP contribution in [0.5, 0.6) is 0 Å². The summed E-state index contributed by atoms with van der Waals surface area (Å²) >= 11 is 0. The maximum Gasteiger partial charge on any atom is 0.200 e. The first kappa shape index (κ1) is 17.1. The van der Waals surface area contributed by atoms with E-state index in [1.807, 2.05) is 0 Å². The lowest BCUT2D eigenvalue weighted by molar-refractivity contribution is 0.152. The average molecular weight is 288 g/mol. The van der Waals surface area contributed by atoms with Crippen LogP contribution >= 0.6 is 0 Å². The summed E-state index contributed by atoms with van der Waals surface area (Å²) in [6, 6.07) is 0. The second-order valence-corrected chi connectivity index (χ2v) is 12.4. The molecular weight excluding hydrogens is 254 g/mol. The Kier molecular flexibility index (Phi) is 6.50. The third-order valence-corrected chi connectivity index (χ3v) is 11.0. The highest BCUT2D eigenvalue weighted by Gasteiger charge is 2.45. The van der Waals surface area contributed by atoms with Gasteiger partial charge in [-0.2, -0.15) is 0 Å². The van der Waals surface area contributed by atoms with Gasteiger partial charge in [0.05, 0.1) is 0 Å². The first-order valence-corrected chi connectivity index (χ1v) is 9.95. The van der Waals surface area contributed by atoms with Gasteiger partial charge in [0.25, 0.3) is 0 Å². The van der Waals surface area contributed by atoms with E-state index in [0.717, 1.165) is 19.7 Å². The molecule has 2 atom stereocenters. The lowest BCUT2D eigenvalue weighted by Gasteiger charge is -2.43. The topological polar surface area (TPSA) is 41.5 Å². The Morgan fingerprint density at radius 2 is 1.47 bits per heavy atom. The Hall–Kier alpha value is 0.0969. The zero-order valence-corrected chi connectivity index (χ0v) is 14.6. The van der Waals surface area contributed by atoms with Crippen molar-refractivity contribution in [3.05, 3.63) is 0 Å². The van der Waals surface area contributed by atoms with Crippen molar-refractivity contribution in [2.45, 2.75) is 58.2 Å². The molecule has 1 saturated heterocycles. The van der Waals surface area contributed by atoms with Crippen molar-refractivity contribution in [1.82, 2.24) is 5.32 Å². The lowest BCUT2D eigenvalue weighted by atomic mass is 9.98. The first-order valence-electron chi connectivity index (χ1n) is 7.81. The van der Waals surface area contributed by atoms with Crippen LogP contribution in [-0.4, -0.2) is 39.7 Å². The second-order valence-electron chi connectivity index (χ2n) is 6.99. The number of aliphatic hydroxyl groups is 1. The fourth-order valence-corrected chi connectivity index (χ4v) is 9.45. The third kappa shape index (κ3) is 3.60. The number of hydrogen-bond acceptors (Lipinski definition) is 3. The highest BCUT2D eigenvalue weighted by molar-refractivity contribution is 6.77. The summed E-state index contributed by atoms with van der Waals surface area (Å²) in [6.07, 6.45) is 0. The smallest absolute Gasteiger partial charge is 0.200 e. The van der Waals surface area contributed by atoms with Gasteiger partial charge in [-0.3, -0.25) is 0 Å². The maximum absolute atomic E-state index is 9.41. The molecule has 0 saturated carbocycles. The Labute approximate surface area is 120 Å². The van der Waals surface area contributed by atoms with Crippen LogP contribution in [0.15, 0.2) is 0 Å². The Morgan fingerprint density at radius 3 is 1.89 bits per heavy atom. The van der Waals surface area contributed by atoms with E-state index in [4.69, 9.17) is 4.43 Å². The summed E-state index contributed by atoms with van der Waals surface area (Å²) in [5.74, 6) is 0.853. The summed E-state index contributed by atoms with van der Waals surface area (Å²) in [6.45, 7) is 17.0. The van der Waals surface area contributed by atoms with Crippen molar-refractivity contribution in [2.75, 3.05) is 26.3 Å². The van der Waals surface area contributed by atoms with Crippen LogP contribution in [0.1, 0.15) is 41.5 Å². The predicted octanol–water partition coefficient (Wildman–Crippen LogP) is 3.01. The minimum absolute atomic E-state index is 0.278. The van der Waals surface area contributed by atoms with Gasteiger partial charge in [0.15, 0.2) is 8.32 Å². The first-order chi connectivity index (χ1) is 8.86. The van der Waals surface area contributed by atoms with Crippen LogP contribution in [0.2, 0.25) is 16.6 Å². The average Bonchev–Trinajstić information content (AvgIpc) is 2.75. The molecule has 0 aliphatic carbocycles. The zero-order valence-electron chi connectivity index (χ0n) is 13.6. The number of nitrogens with one attached hydrogen (secondary N) is 1. The molecule has 0 spiro atoms. The van der Waals surface area contributed by atoms with Gasteiger partial charge in [-0.05, 0) is 22.5 Å². The monoisotopic (exact) mass is 287 g/mol. The number of aliphatic hydroxyl groups excluding tert-OH is 1. The quantitative estimate of drug-likeness (QED) is 0.707. The van der Waals surface area contributed by atoms with Crippen molar-refractivity contribution >= 4 is 8.32 Å². The fourth-order valence-electron chi connectivity index (χ4n) is 3.95. The van der Waals surface area contributed by atoms with Crippen LogP contribution in [0.3, 0.4) is 0 Å². The highest BCUT2D eigenvalue weighted by atomic mass is 28.4. The Bertz CT molecular complexity index is 247. The summed E-state index contributed by atoms with van der Waals surface area (Å²) in [4.78, 5) is 0. The molecule has 1 fully saturated rings. The molecular formula is C15H33NO2Si. The molecule has 4 heteroatoms. The minimum atomic E-state index is -1.75. The molecule has 114 valence electrons. The van der Waals surface area contributed by atoms with Gasteiger partial charge in [0.2, 0.25) is 0 Å². The van der Waals surface area contributed by atoms with Crippen LogP contribution < -0.4 is 5.32 Å². The van der Waals surface area contributed by atoms with Gasteiger partial charge in [-0.1, -0.05) is 41.5 Å². The molecule has 1 aliphatic rings. The van der Waals surface area contributed by atoms with E-state index in [2.05, 4.69) is 46.9 Å². The molecule has 0 radical (unpaired) electrons. The third-order valence-electron chi connectivity index (χ3n) is 4.97. The van der Waals surface area contributed by atoms with E-state index >= 15 is 0 Å². The molecule has 3 nitrogen and oxygen atoms in total. The van der Waals surface area contributed by atoms with Crippen molar-refractivity contribution < 1.29 is 9.53 Å². The minimum Gasteiger partial charge on any atom is -0.416 e. The van der Waals surface area contributed by atoms with Crippen LogP contribution in [0.4, 0.5) is 0 Å². The standard InChI is InChI=1S/C15H33NO2Si/c1-11(2)19(12(3)4,13(5)6)18-10-15-8-16-7-14(15)9-17/h11-17H,7-10H2,1-6H3/t14-,15-/m1/s1. The van der Waals surface area contributed by atoms with E-state index in [0.29, 0.717) is 28.5 Å². The van der Waals surface area contributed by atoms with Gasteiger partial charge in [0, 0.05) is 32.2 Å². The highest BCUT2D eigenvalue weighted by Crippen LogP contribution is 2.42.